The van der Waals surface area contributed by atoms with Crippen molar-refractivity contribution in [1.82, 2.24) is 5.32 Å². The van der Waals surface area contributed by atoms with Gasteiger partial charge in [0, 0.05) is 0 Å². The average Bonchev–Trinajstić information content (AvgIpc) is 2.90. The molecule has 1 fully saturated rings. The van der Waals surface area contributed by atoms with E-state index in [0.717, 1.165) is 12.0 Å². The molecule has 8 nitrogen and oxygen atoms in total. The maximum absolute atomic E-state index is 13.3. The molecule has 1 aliphatic heterocycles. The highest BCUT2D eigenvalue weighted by Gasteiger charge is 2.34. The van der Waals surface area contributed by atoms with E-state index in [1.54, 1.807) is 42.5 Å². The summed E-state index contributed by atoms with van der Waals surface area (Å²) in [5.74, 6) is -1.33. The molecule has 4 rings (SSSR count). The van der Waals surface area contributed by atoms with Crippen LogP contribution in [0.1, 0.15) is 34.0 Å². The molecule has 3 aromatic carbocycles. The van der Waals surface area contributed by atoms with E-state index in [1.807, 2.05) is 19.1 Å². The van der Waals surface area contributed by atoms with Gasteiger partial charge in [-0.3, -0.25) is 19.8 Å². The number of rotatable bonds is 8. The first-order chi connectivity index (χ1) is 17.8. The predicted molar refractivity (Wildman–Crippen MR) is 143 cm³/mol. The Morgan fingerprint density at radius 1 is 1.03 bits per heavy atom. The van der Waals surface area contributed by atoms with E-state index in [4.69, 9.17) is 26.8 Å². The van der Waals surface area contributed by atoms with Crippen LogP contribution in [0.2, 0.25) is 0 Å². The predicted octanol–water partition coefficient (Wildman–Crippen LogP) is 4.37. The van der Waals surface area contributed by atoms with Gasteiger partial charge in [-0.05, 0) is 77.8 Å². The molecule has 0 aliphatic carbocycles. The first-order valence-electron chi connectivity index (χ1n) is 11.4. The average molecular weight is 517 g/mol. The summed E-state index contributed by atoms with van der Waals surface area (Å²) in [5, 5.41) is 11.8. The van der Waals surface area contributed by atoms with Crippen LogP contribution in [-0.2, 0) is 22.6 Å². The smallest absolute Gasteiger partial charge is 0.335 e. The molecule has 0 spiro atoms. The highest BCUT2D eigenvalue weighted by molar-refractivity contribution is 7.80. The first kappa shape index (κ1) is 25.6. The number of ether oxygens (including phenoxy) is 2. The number of carbonyl (C=O) groups is 3. The second-order valence-corrected chi connectivity index (χ2v) is 8.57. The van der Waals surface area contributed by atoms with Gasteiger partial charge >= 0.3 is 5.97 Å². The Bertz CT molecular complexity index is 1410. The van der Waals surface area contributed by atoms with Gasteiger partial charge in [0.05, 0.1) is 18.4 Å². The topological polar surface area (TPSA) is 105 Å². The first-order valence-corrected chi connectivity index (χ1v) is 11.8. The number of anilines is 1. The zero-order valence-electron chi connectivity index (χ0n) is 20.2. The van der Waals surface area contributed by atoms with Gasteiger partial charge in [0.15, 0.2) is 16.6 Å². The fourth-order valence-corrected chi connectivity index (χ4v) is 4.07. The summed E-state index contributed by atoms with van der Waals surface area (Å²) >= 11 is 5.27. The number of hydrogen-bond donors (Lipinski definition) is 2. The highest BCUT2D eigenvalue weighted by Crippen LogP contribution is 2.30. The number of nitrogens with one attached hydrogen (secondary N) is 1. The quantitative estimate of drug-likeness (QED) is 0.260. The van der Waals surface area contributed by atoms with E-state index in [-0.39, 0.29) is 22.9 Å². The van der Waals surface area contributed by atoms with Crippen molar-refractivity contribution in [2.24, 2.45) is 0 Å². The Labute approximate surface area is 219 Å². The third kappa shape index (κ3) is 5.68. The maximum Gasteiger partial charge on any atom is 0.335 e. The van der Waals surface area contributed by atoms with Crippen molar-refractivity contribution in [2.75, 3.05) is 12.0 Å². The van der Waals surface area contributed by atoms with Gasteiger partial charge in [-0.25, -0.2) is 4.79 Å². The third-order valence-corrected chi connectivity index (χ3v) is 6.06. The van der Waals surface area contributed by atoms with Gasteiger partial charge in [0.25, 0.3) is 11.8 Å². The molecule has 0 atom stereocenters. The lowest BCUT2D eigenvalue weighted by atomic mass is 10.1. The number of carboxylic acids is 1. The Balaban J connectivity index is 1.57. The molecule has 0 unspecified atom stereocenters. The molecule has 0 bridgehead atoms. The molecule has 9 heteroatoms. The summed E-state index contributed by atoms with van der Waals surface area (Å²) in [6.07, 6.45) is 2.33. The molecule has 188 valence electrons. The lowest BCUT2D eigenvalue weighted by Gasteiger charge is -2.29. The van der Waals surface area contributed by atoms with Crippen molar-refractivity contribution < 1.29 is 29.0 Å². The van der Waals surface area contributed by atoms with Crippen LogP contribution < -0.4 is 19.7 Å². The summed E-state index contributed by atoms with van der Waals surface area (Å²) in [6, 6.07) is 18.8. The van der Waals surface area contributed by atoms with Crippen LogP contribution in [0.4, 0.5) is 5.69 Å². The van der Waals surface area contributed by atoms with Crippen molar-refractivity contribution in [3.05, 3.63) is 94.6 Å². The summed E-state index contributed by atoms with van der Waals surface area (Å²) in [5.41, 5.74) is 2.99. The fourth-order valence-electron chi connectivity index (χ4n) is 3.79. The van der Waals surface area contributed by atoms with Gasteiger partial charge in [-0.2, -0.15) is 0 Å². The van der Waals surface area contributed by atoms with Gasteiger partial charge in [-0.15, -0.1) is 0 Å². The molecule has 3 aromatic rings. The number of nitrogens with zero attached hydrogens (tertiary/aromatic N) is 1. The maximum atomic E-state index is 13.3. The minimum absolute atomic E-state index is 0.0182. The number of carbonyl (C=O) groups excluding carboxylic acids is 2. The zero-order valence-corrected chi connectivity index (χ0v) is 21.0. The van der Waals surface area contributed by atoms with Crippen LogP contribution in [0, 0.1) is 0 Å². The molecule has 0 aromatic heterocycles. The minimum Gasteiger partial charge on any atom is -0.493 e. The fraction of sp³-hybridized carbons (Fsp3) is 0.143. The molecule has 1 aliphatic rings. The Morgan fingerprint density at radius 2 is 1.78 bits per heavy atom. The second-order valence-electron chi connectivity index (χ2n) is 8.18. The lowest BCUT2D eigenvalue weighted by Crippen LogP contribution is -2.54. The van der Waals surface area contributed by atoms with Crippen LogP contribution >= 0.6 is 12.2 Å². The summed E-state index contributed by atoms with van der Waals surface area (Å²) in [7, 11) is 1.47. The van der Waals surface area contributed by atoms with Crippen molar-refractivity contribution in [2.45, 2.75) is 20.0 Å². The van der Waals surface area contributed by atoms with Crippen molar-refractivity contribution >= 4 is 46.9 Å². The van der Waals surface area contributed by atoms with E-state index >= 15 is 0 Å². The molecule has 2 amide bonds. The number of hydrogen-bond acceptors (Lipinski definition) is 6. The van der Waals surface area contributed by atoms with Crippen molar-refractivity contribution in [3.8, 4) is 11.5 Å². The van der Waals surface area contributed by atoms with Crippen LogP contribution in [0.5, 0.6) is 11.5 Å². The van der Waals surface area contributed by atoms with Crippen molar-refractivity contribution in [1.29, 1.82) is 0 Å². The number of thiocarbonyl (C=S) groups is 1. The van der Waals surface area contributed by atoms with E-state index < -0.39 is 17.8 Å². The lowest BCUT2D eigenvalue weighted by molar-refractivity contribution is -0.122. The Morgan fingerprint density at radius 3 is 2.46 bits per heavy atom. The summed E-state index contributed by atoms with van der Waals surface area (Å²) in [4.78, 5) is 38.4. The number of amides is 2. The largest absolute Gasteiger partial charge is 0.493 e. The number of aromatic carboxylic acids is 1. The number of methoxy groups -OCH3 is 1. The normalized spacial score (nSPS) is 14.5. The van der Waals surface area contributed by atoms with E-state index in [0.29, 0.717) is 28.3 Å². The van der Waals surface area contributed by atoms with Gasteiger partial charge < -0.3 is 14.6 Å². The SMILES string of the molecule is CCc1ccc(N2C(=O)/C(=C/c3ccc(OCc4cccc(C(=O)O)c4)c(OC)c3)C(=O)NC2=S)cc1. The molecule has 37 heavy (non-hydrogen) atoms. The van der Waals surface area contributed by atoms with Crippen LogP contribution in [0.25, 0.3) is 6.08 Å². The monoisotopic (exact) mass is 516 g/mol. The van der Waals surface area contributed by atoms with E-state index in [1.165, 1.54) is 30.2 Å². The summed E-state index contributed by atoms with van der Waals surface area (Å²) < 4.78 is 11.3. The van der Waals surface area contributed by atoms with E-state index in [2.05, 4.69) is 5.32 Å². The van der Waals surface area contributed by atoms with Crippen LogP contribution in [-0.4, -0.2) is 35.1 Å². The number of benzene rings is 3. The molecule has 0 saturated carbocycles. The third-order valence-electron chi connectivity index (χ3n) is 5.77. The standard InChI is InChI=1S/C28H24N2O6S/c1-3-17-7-10-21(11-8-17)30-26(32)22(25(31)29-28(30)37)14-18-9-12-23(24(15-18)35-2)36-16-19-5-4-6-20(13-19)27(33)34/h4-15H,3,16H2,1-2H3,(H,33,34)(H,29,31,37)/b22-14+. The van der Waals surface area contributed by atoms with Crippen molar-refractivity contribution in [3.63, 3.8) is 0 Å². The van der Waals surface area contributed by atoms with Gasteiger partial charge in [0.2, 0.25) is 0 Å². The second kappa shape index (κ2) is 11.0. The molecular formula is C28H24N2O6S. The molecule has 1 heterocycles. The molecule has 0 radical (unpaired) electrons. The van der Waals surface area contributed by atoms with Crippen LogP contribution in [0.15, 0.2) is 72.3 Å². The van der Waals surface area contributed by atoms with Crippen LogP contribution in [0.3, 0.4) is 0 Å². The molecule has 2 N–H and O–H groups in total. The number of carboxylic acid groups (broad SMARTS) is 1. The van der Waals surface area contributed by atoms with E-state index in [9.17, 15) is 14.4 Å². The van der Waals surface area contributed by atoms with Gasteiger partial charge in [0.1, 0.15) is 12.2 Å². The Hall–Kier alpha value is -4.50. The minimum atomic E-state index is -1.02. The Kier molecular flexibility index (Phi) is 7.64. The van der Waals surface area contributed by atoms with Gasteiger partial charge in [-0.1, -0.05) is 37.3 Å². The zero-order chi connectivity index (χ0) is 26.5. The highest BCUT2D eigenvalue weighted by atomic mass is 32.1. The molecule has 1 saturated heterocycles. The summed E-state index contributed by atoms with van der Waals surface area (Å²) in [6.45, 7) is 2.16. The number of aryl methyl sites for hydroxylation is 1. The molecular weight excluding hydrogens is 492 g/mol.